The molecule has 0 aliphatic carbocycles. The normalized spacial score (nSPS) is 10.5. The fourth-order valence-corrected chi connectivity index (χ4v) is 2.40. The van der Waals surface area contributed by atoms with Gasteiger partial charge in [0.25, 0.3) is 0 Å². The quantitative estimate of drug-likeness (QED) is 0.920. The zero-order valence-corrected chi connectivity index (χ0v) is 12.8. The van der Waals surface area contributed by atoms with Crippen LogP contribution in [-0.2, 0) is 13.2 Å². The molecule has 0 saturated carbocycles. The Labute approximate surface area is 122 Å². The second kappa shape index (κ2) is 6.22. The van der Waals surface area contributed by atoms with Crippen LogP contribution in [0, 0.1) is 13.8 Å². The molecule has 0 atom stereocenters. The molecule has 19 heavy (non-hydrogen) atoms. The summed E-state index contributed by atoms with van der Waals surface area (Å²) in [5, 5.41) is 0. The van der Waals surface area contributed by atoms with Crippen molar-refractivity contribution in [3.63, 3.8) is 0 Å². The lowest BCUT2D eigenvalue weighted by Gasteiger charge is -2.13. The molecule has 0 aliphatic rings. The van der Waals surface area contributed by atoms with Crippen molar-refractivity contribution in [1.29, 1.82) is 0 Å². The van der Waals surface area contributed by atoms with Crippen LogP contribution >= 0.6 is 15.9 Å². The lowest BCUT2D eigenvalue weighted by Crippen LogP contribution is -2.05. The van der Waals surface area contributed by atoms with Crippen LogP contribution in [0.3, 0.4) is 0 Å². The molecule has 100 valence electrons. The summed E-state index contributed by atoms with van der Waals surface area (Å²) in [7, 11) is 0. The lowest BCUT2D eigenvalue weighted by molar-refractivity contribution is 0.302. The molecule has 2 aromatic rings. The summed E-state index contributed by atoms with van der Waals surface area (Å²) in [6.07, 6.45) is 0. The highest BCUT2D eigenvalue weighted by Gasteiger charge is 2.07. The Hall–Kier alpha value is -1.32. The van der Waals surface area contributed by atoms with Gasteiger partial charge in [0.1, 0.15) is 12.4 Å². The fourth-order valence-electron chi connectivity index (χ4n) is 1.97. The highest BCUT2D eigenvalue weighted by Crippen LogP contribution is 2.28. The van der Waals surface area contributed by atoms with Crippen molar-refractivity contribution in [2.75, 3.05) is 0 Å². The Morgan fingerprint density at radius 2 is 1.68 bits per heavy atom. The Bertz CT molecular complexity index is 581. The van der Waals surface area contributed by atoms with E-state index in [1.54, 1.807) is 0 Å². The van der Waals surface area contributed by atoms with E-state index in [-0.39, 0.29) is 0 Å². The first-order chi connectivity index (χ1) is 9.13. The highest BCUT2D eigenvalue weighted by atomic mass is 79.9. The molecule has 0 amide bonds. The lowest BCUT2D eigenvalue weighted by atomic mass is 10.1. The van der Waals surface area contributed by atoms with Crippen LogP contribution in [0.4, 0.5) is 0 Å². The van der Waals surface area contributed by atoms with Gasteiger partial charge >= 0.3 is 0 Å². The molecule has 0 radical (unpaired) electrons. The molecule has 0 aromatic heterocycles. The third-order valence-corrected chi connectivity index (χ3v) is 4.25. The van der Waals surface area contributed by atoms with Crippen LogP contribution in [0.1, 0.15) is 22.3 Å². The number of ether oxygens (including phenoxy) is 1. The van der Waals surface area contributed by atoms with Crippen LogP contribution in [0.15, 0.2) is 40.9 Å². The highest BCUT2D eigenvalue weighted by molar-refractivity contribution is 9.10. The van der Waals surface area contributed by atoms with E-state index < -0.39 is 0 Å². The maximum Gasteiger partial charge on any atom is 0.123 e. The summed E-state index contributed by atoms with van der Waals surface area (Å²) in [6.45, 7) is 5.25. The fraction of sp³-hybridized carbons (Fsp3) is 0.250. The molecule has 0 aliphatic heterocycles. The van der Waals surface area contributed by atoms with Crippen molar-refractivity contribution in [3.05, 3.63) is 63.1 Å². The van der Waals surface area contributed by atoms with Crippen LogP contribution in [0.5, 0.6) is 5.75 Å². The molecule has 0 unspecified atom stereocenters. The van der Waals surface area contributed by atoms with Crippen LogP contribution < -0.4 is 10.5 Å². The molecule has 2 nitrogen and oxygen atoms in total. The number of halogens is 1. The summed E-state index contributed by atoms with van der Waals surface area (Å²) in [4.78, 5) is 0. The van der Waals surface area contributed by atoms with E-state index in [0.717, 1.165) is 21.3 Å². The molecule has 0 bridgehead atoms. The minimum absolute atomic E-state index is 0.540. The zero-order chi connectivity index (χ0) is 13.8. The second-order valence-corrected chi connectivity index (χ2v) is 5.41. The number of benzene rings is 2. The molecule has 2 rings (SSSR count). The van der Waals surface area contributed by atoms with E-state index in [1.165, 1.54) is 11.1 Å². The Morgan fingerprint density at radius 3 is 2.37 bits per heavy atom. The maximum absolute atomic E-state index is 5.92. The van der Waals surface area contributed by atoms with E-state index in [0.29, 0.717) is 13.2 Å². The molecule has 0 saturated heterocycles. The van der Waals surface area contributed by atoms with Crippen molar-refractivity contribution in [2.24, 2.45) is 5.73 Å². The monoisotopic (exact) mass is 319 g/mol. The first-order valence-electron chi connectivity index (χ1n) is 6.29. The van der Waals surface area contributed by atoms with Gasteiger partial charge < -0.3 is 10.5 Å². The smallest absolute Gasteiger partial charge is 0.123 e. The van der Waals surface area contributed by atoms with Gasteiger partial charge in [0, 0.05) is 11.0 Å². The third-order valence-electron chi connectivity index (χ3n) is 3.39. The summed E-state index contributed by atoms with van der Waals surface area (Å²) < 4.78 is 7.04. The van der Waals surface area contributed by atoms with Gasteiger partial charge in [-0.2, -0.15) is 0 Å². The number of hydrogen-bond donors (Lipinski definition) is 1. The number of rotatable bonds is 4. The van der Waals surface area contributed by atoms with Gasteiger partial charge in [-0.3, -0.25) is 0 Å². The Morgan fingerprint density at radius 1 is 1.00 bits per heavy atom. The van der Waals surface area contributed by atoms with Crippen LogP contribution in [-0.4, -0.2) is 0 Å². The SMILES string of the molecule is Cc1c(Br)ccc(OCc2ccccc2CN)c1C. The molecule has 2 aromatic carbocycles. The maximum atomic E-state index is 5.92. The van der Waals surface area contributed by atoms with Gasteiger partial charge in [0.2, 0.25) is 0 Å². The van der Waals surface area contributed by atoms with E-state index in [9.17, 15) is 0 Å². The Kier molecular flexibility index (Phi) is 4.61. The number of hydrogen-bond acceptors (Lipinski definition) is 2. The van der Waals surface area contributed by atoms with Crippen LogP contribution in [0.25, 0.3) is 0 Å². The van der Waals surface area contributed by atoms with Gasteiger partial charge in [-0.05, 0) is 48.2 Å². The molecule has 0 fully saturated rings. The van der Waals surface area contributed by atoms with Gasteiger partial charge in [-0.25, -0.2) is 0 Å². The molecule has 3 heteroatoms. The van der Waals surface area contributed by atoms with Crippen molar-refractivity contribution in [1.82, 2.24) is 0 Å². The molecule has 2 N–H and O–H groups in total. The minimum atomic E-state index is 0.540. The average molecular weight is 320 g/mol. The minimum Gasteiger partial charge on any atom is -0.489 e. The van der Waals surface area contributed by atoms with Crippen molar-refractivity contribution >= 4 is 15.9 Å². The average Bonchev–Trinajstić information content (AvgIpc) is 2.44. The van der Waals surface area contributed by atoms with Crippen LogP contribution in [0.2, 0.25) is 0 Å². The molecular formula is C16H18BrNO. The third kappa shape index (κ3) is 3.17. The molecule has 0 heterocycles. The predicted molar refractivity (Wildman–Crippen MR) is 82.3 cm³/mol. The molecule has 0 spiro atoms. The zero-order valence-electron chi connectivity index (χ0n) is 11.2. The summed E-state index contributed by atoms with van der Waals surface area (Å²) in [6, 6.07) is 12.1. The predicted octanol–water partition coefficient (Wildman–Crippen LogP) is 4.10. The molecular weight excluding hydrogens is 302 g/mol. The van der Waals surface area contributed by atoms with Gasteiger partial charge in [0.15, 0.2) is 0 Å². The summed E-state index contributed by atoms with van der Waals surface area (Å²) in [5.41, 5.74) is 10.4. The van der Waals surface area contributed by atoms with E-state index in [4.69, 9.17) is 10.5 Å². The van der Waals surface area contributed by atoms with E-state index in [1.807, 2.05) is 30.3 Å². The van der Waals surface area contributed by atoms with Crippen molar-refractivity contribution < 1.29 is 4.74 Å². The van der Waals surface area contributed by atoms with Gasteiger partial charge in [-0.1, -0.05) is 40.2 Å². The van der Waals surface area contributed by atoms with E-state index >= 15 is 0 Å². The van der Waals surface area contributed by atoms with Crippen molar-refractivity contribution in [3.8, 4) is 5.75 Å². The summed E-state index contributed by atoms with van der Waals surface area (Å²) in [5.74, 6) is 0.924. The van der Waals surface area contributed by atoms with Crippen molar-refractivity contribution in [2.45, 2.75) is 27.0 Å². The van der Waals surface area contributed by atoms with E-state index in [2.05, 4.69) is 35.8 Å². The van der Waals surface area contributed by atoms with Gasteiger partial charge in [0.05, 0.1) is 0 Å². The van der Waals surface area contributed by atoms with Gasteiger partial charge in [-0.15, -0.1) is 0 Å². The largest absolute Gasteiger partial charge is 0.489 e. The number of nitrogens with two attached hydrogens (primary N) is 1. The first-order valence-corrected chi connectivity index (χ1v) is 7.08. The summed E-state index contributed by atoms with van der Waals surface area (Å²) >= 11 is 3.53. The standard InChI is InChI=1S/C16H18BrNO/c1-11-12(2)16(8-7-15(11)17)19-10-14-6-4-3-5-13(14)9-18/h3-8H,9-10,18H2,1-2H3. The first kappa shape index (κ1) is 14.1. The Balaban J connectivity index is 2.17. The second-order valence-electron chi connectivity index (χ2n) is 4.56. The topological polar surface area (TPSA) is 35.2 Å².